The molecule has 0 spiro atoms. The topological polar surface area (TPSA) is 100 Å². The van der Waals surface area contributed by atoms with E-state index in [0.717, 1.165) is 62.3 Å². The Morgan fingerprint density at radius 3 is 2.72 bits per heavy atom. The molecule has 9 nitrogen and oxygen atoms in total. The van der Waals surface area contributed by atoms with Crippen molar-refractivity contribution in [1.29, 1.82) is 5.26 Å². The highest BCUT2D eigenvalue weighted by atomic mass is 16.5. The Labute approximate surface area is 186 Å². The molecule has 1 amide bonds. The van der Waals surface area contributed by atoms with Gasteiger partial charge in [0, 0.05) is 49.7 Å². The zero-order chi connectivity index (χ0) is 22.2. The Morgan fingerprint density at radius 1 is 1.31 bits per heavy atom. The number of nitrogens with zero attached hydrogens (tertiary/aromatic N) is 6. The number of carbonyl (C=O) groups is 1. The van der Waals surface area contributed by atoms with Gasteiger partial charge in [0.15, 0.2) is 0 Å². The predicted octanol–water partition coefficient (Wildman–Crippen LogP) is 2.02. The monoisotopic (exact) mass is 433 g/mol. The van der Waals surface area contributed by atoms with Crippen LogP contribution in [0.15, 0.2) is 24.7 Å². The molecule has 0 radical (unpaired) electrons. The summed E-state index contributed by atoms with van der Waals surface area (Å²) in [5.41, 5.74) is 4.16. The lowest BCUT2D eigenvalue weighted by Gasteiger charge is -2.37. The van der Waals surface area contributed by atoms with Gasteiger partial charge in [-0.3, -0.25) is 9.48 Å². The van der Waals surface area contributed by atoms with Gasteiger partial charge in [-0.1, -0.05) is 6.92 Å². The van der Waals surface area contributed by atoms with Crippen LogP contribution in [0.5, 0.6) is 5.75 Å². The van der Waals surface area contributed by atoms with E-state index >= 15 is 0 Å². The number of aryl methyl sites for hydroxylation is 1. The molecule has 5 rings (SSSR count). The van der Waals surface area contributed by atoms with Gasteiger partial charge in [0.05, 0.1) is 31.0 Å². The first-order valence-corrected chi connectivity index (χ1v) is 11.2. The van der Waals surface area contributed by atoms with E-state index in [0.29, 0.717) is 16.8 Å². The molecule has 9 heteroatoms. The molecular formula is C23H27N7O2. The third-order valence-corrected chi connectivity index (χ3v) is 6.65. The molecule has 5 heterocycles. The maximum Gasteiger partial charge on any atom is 0.228 e. The maximum absolute atomic E-state index is 12.5. The summed E-state index contributed by atoms with van der Waals surface area (Å²) in [7, 11) is 1.60. The van der Waals surface area contributed by atoms with Gasteiger partial charge in [0.1, 0.15) is 22.9 Å². The quantitative estimate of drug-likeness (QED) is 0.661. The number of ether oxygens (including phenoxy) is 1. The lowest BCUT2D eigenvalue weighted by atomic mass is 9.98. The SMILES string of the molecule is CCc1nn(C2CCN(C(=O)C3CNC3)CC2)cc1-c1cc(OC)c2c(C#N)cnn2c1. The van der Waals surface area contributed by atoms with Crippen LogP contribution in [0.1, 0.15) is 37.1 Å². The van der Waals surface area contributed by atoms with Crippen molar-refractivity contribution in [2.75, 3.05) is 33.3 Å². The van der Waals surface area contributed by atoms with Crippen LogP contribution in [0.2, 0.25) is 0 Å². The summed E-state index contributed by atoms with van der Waals surface area (Å²) in [6, 6.07) is 4.39. The standard InChI is InChI=1S/C23H27N7O2/c1-3-20-19(15-8-21(32-2)22-16(9-24)12-26-30(22)13-15)14-29(27-20)18-4-6-28(7-5-18)23(31)17-10-25-11-17/h8,12-14,17-18,25H,3-7,10-11H2,1-2H3. The largest absolute Gasteiger partial charge is 0.494 e. The lowest BCUT2D eigenvalue weighted by Crippen LogP contribution is -2.53. The van der Waals surface area contributed by atoms with E-state index < -0.39 is 0 Å². The summed E-state index contributed by atoms with van der Waals surface area (Å²) in [6.45, 7) is 5.27. The molecule has 0 unspecified atom stereocenters. The number of hydrogen-bond acceptors (Lipinski definition) is 6. The Morgan fingerprint density at radius 2 is 2.09 bits per heavy atom. The van der Waals surface area contributed by atoms with Gasteiger partial charge in [-0.15, -0.1) is 0 Å². The van der Waals surface area contributed by atoms with E-state index in [1.54, 1.807) is 17.8 Å². The first-order chi connectivity index (χ1) is 15.6. The van der Waals surface area contributed by atoms with Crippen molar-refractivity contribution in [3.05, 3.63) is 35.9 Å². The number of aromatic nitrogens is 4. The van der Waals surface area contributed by atoms with Crippen LogP contribution in [0.4, 0.5) is 0 Å². The zero-order valence-electron chi connectivity index (χ0n) is 18.4. The first kappa shape index (κ1) is 20.5. The molecule has 0 aliphatic carbocycles. The van der Waals surface area contributed by atoms with Gasteiger partial charge in [0.25, 0.3) is 0 Å². The third-order valence-electron chi connectivity index (χ3n) is 6.65. The summed E-state index contributed by atoms with van der Waals surface area (Å²) < 4.78 is 9.34. The van der Waals surface area contributed by atoms with Crippen LogP contribution in [0.25, 0.3) is 16.6 Å². The molecule has 0 aromatic carbocycles. The Balaban J connectivity index is 1.41. The minimum Gasteiger partial charge on any atom is -0.494 e. The molecule has 0 saturated carbocycles. The molecule has 3 aromatic rings. The highest BCUT2D eigenvalue weighted by Crippen LogP contribution is 2.33. The van der Waals surface area contributed by atoms with Crippen LogP contribution in [-0.2, 0) is 11.2 Å². The molecule has 3 aromatic heterocycles. The average molecular weight is 434 g/mol. The average Bonchev–Trinajstić information content (AvgIpc) is 3.41. The zero-order valence-corrected chi connectivity index (χ0v) is 18.4. The summed E-state index contributed by atoms with van der Waals surface area (Å²) in [5, 5.41) is 21.8. The van der Waals surface area contributed by atoms with Crippen LogP contribution in [0.3, 0.4) is 0 Å². The van der Waals surface area contributed by atoms with Crippen molar-refractivity contribution >= 4 is 11.4 Å². The summed E-state index contributed by atoms with van der Waals surface area (Å²) in [6.07, 6.45) is 8.20. The van der Waals surface area contributed by atoms with Gasteiger partial charge >= 0.3 is 0 Å². The van der Waals surface area contributed by atoms with Crippen molar-refractivity contribution in [3.63, 3.8) is 0 Å². The normalized spacial score (nSPS) is 17.3. The van der Waals surface area contributed by atoms with E-state index in [1.807, 2.05) is 17.2 Å². The molecular weight excluding hydrogens is 406 g/mol. The smallest absolute Gasteiger partial charge is 0.228 e. The molecule has 1 N–H and O–H groups in total. The highest BCUT2D eigenvalue weighted by molar-refractivity contribution is 5.80. The Kier molecular flexibility index (Phi) is 5.31. The first-order valence-electron chi connectivity index (χ1n) is 11.2. The summed E-state index contributed by atoms with van der Waals surface area (Å²) in [5.74, 6) is 1.06. The molecule has 2 aliphatic heterocycles. The van der Waals surface area contributed by atoms with Gasteiger partial charge in [-0.05, 0) is 25.3 Å². The number of amides is 1. The second kappa shape index (κ2) is 8.28. The Bertz CT molecular complexity index is 1190. The van der Waals surface area contributed by atoms with Gasteiger partial charge in [-0.25, -0.2) is 4.52 Å². The van der Waals surface area contributed by atoms with E-state index in [1.165, 1.54) is 0 Å². The van der Waals surface area contributed by atoms with Gasteiger partial charge in [-0.2, -0.15) is 15.5 Å². The number of methoxy groups -OCH3 is 1. The molecule has 2 fully saturated rings. The van der Waals surface area contributed by atoms with Gasteiger partial charge in [0.2, 0.25) is 5.91 Å². The minimum absolute atomic E-state index is 0.156. The number of likely N-dealkylation sites (tertiary alicyclic amines) is 1. The fourth-order valence-electron chi connectivity index (χ4n) is 4.66. The van der Waals surface area contributed by atoms with Crippen molar-refractivity contribution in [3.8, 4) is 22.9 Å². The van der Waals surface area contributed by atoms with Gasteiger partial charge < -0.3 is 15.0 Å². The second-order valence-corrected chi connectivity index (χ2v) is 8.50. The summed E-state index contributed by atoms with van der Waals surface area (Å²) >= 11 is 0. The lowest BCUT2D eigenvalue weighted by molar-refractivity contribution is -0.138. The number of nitriles is 1. The van der Waals surface area contributed by atoms with Crippen LogP contribution < -0.4 is 10.1 Å². The van der Waals surface area contributed by atoms with Crippen LogP contribution >= 0.6 is 0 Å². The molecule has 166 valence electrons. The molecule has 2 saturated heterocycles. The van der Waals surface area contributed by atoms with E-state index in [4.69, 9.17) is 9.84 Å². The molecule has 0 atom stereocenters. The van der Waals surface area contributed by atoms with Crippen molar-refractivity contribution < 1.29 is 9.53 Å². The van der Waals surface area contributed by atoms with E-state index in [9.17, 15) is 10.1 Å². The van der Waals surface area contributed by atoms with Crippen molar-refractivity contribution in [2.24, 2.45) is 5.92 Å². The number of piperidine rings is 1. The maximum atomic E-state index is 12.5. The predicted molar refractivity (Wildman–Crippen MR) is 118 cm³/mol. The second-order valence-electron chi connectivity index (χ2n) is 8.50. The van der Waals surface area contributed by atoms with Crippen LogP contribution in [-0.4, -0.2) is 63.5 Å². The number of rotatable bonds is 5. The fourth-order valence-corrected chi connectivity index (χ4v) is 4.66. The summed E-state index contributed by atoms with van der Waals surface area (Å²) in [4.78, 5) is 14.5. The Hall–Kier alpha value is -3.38. The highest BCUT2D eigenvalue weighted by Gasteiger charge is 2.32. The molecule has 32 heavy (non-hydrogen) atoms. The van der Waals surface area contributed by atoms with Crippen LogP contribution in [0, 0.1) is 17.2 Å². The fraction of sp³-hybridized carbons (Fsp3) is 0.478. The number of hydrogen-bond donors (Lipinski definition) is 1. The molecule has 2 aliphatic rings. The number of nitrogens with one attached hydrogen (secondary N) is 1. The van der Waals surface area contributed by atoms with E-state index in [-0.39, 0.29) is 17.9 Å². The third kappa shape index (κ3) is 3.41. The minimum atomic E-state index is 0.156. The van der Waals surface area contributed by atoms with E-state index in [2.05, 4.69) is 34.3 Å². The number of pyridine rings is 1. The number of fused-ring (bicyclic) bond motifs is 1. The number of carbonyl (C=O) groups excluding carboxylic acids is 1. The van der Waals surface area contributed by atoms with Crippen molar-refractivity contribution in [1.82, 2.24) is 29.6 Å². The van der Waals surface area contributed by atoms with Crippen molar-refractivity contribution in [2.45, 2.75) is 32.2 Å². The molecule has 0 bridgehead atoms.